The molecule has 0 heterocycles. The second kappa shape index (κ2) is 6.74. The molecular weight excluding hydrogens is 212 g/mol. The van der Waals surface area contributed by atoms with Crippen LogP contribution in [0.3, 0.4) is 0 Å². The fourth-order valence-electron chi connectivity index (χ4n) is 2.56. The van der Waals surface area contributed by atoms with E-state index >= 15 is 0 Å². The number of hydrazine groups is 1. The molecule has 0 aromatic heterocycles. The van der Waals surface area contributed by atoms with Gasteiger partial charge in [-0.1, -0.05) is 43.2 Å². The number of rotatable bonds is 6. The van der Waals surface area contributed by atoms with Crippen LogP contribution in [0, 0.1) is 5.92 Å². The highest BCUT2D eigenvalue weighted by Gasteiger charge is 2.23. The van der Waals surface area contributed by atoms with Gasteiger partial charge in [-0.2, -0.15) is 0 Å². The molecule has 1 aliphatic carbocycles. The Kier molecular flexibility index (Phi) is 4.98. The molecule has 2 rings (SSSR count). The molecule has 1 aromatic carbocycles. The highest BCUT2D eigenvalue weighted by molar-refractivity contribution is 5.13. The van der Waals surface area contributed by atoms with Crippen LogP contribution in [0.25, 0.3) is 0 Å². The molecule has 1 unspecified atom stereocenters. The first-order valence-electron chi connectivity index (χ1n) is 6.48. The molecule has 94 valence electrons. The summed E-state index contributed by atoms with van der Waals surface area (Å²) in [6.07, 6.45) is 5.23. The van der Waals surface area contributed by atoms with Gasteiger partial charge in [-0.3, -0.25) is 11.3 Å². The van der Waals surface area contributed by atoms with Gasteiger partial charge in [0.1, 0.15) is 0 Å². The maximum Gasteiger partial charge on any atom is 0.0717 e. The summed E-state index contributed by atoms with van der Waals surface area (Å²) in [4.78, 5) is 0. The van der Waals surface area contributed by atoms with Crippen molar-refractivity contribution < 1.29 is 4.74 Å². The number of nitrogens with two attached hydrogens (primary N) is 1. The average molecular weight is 234 g/mol. The highest BCUT2D eigenvalue weighted by Crippen LogP contribution is 2.27. The topological polar surface area (TPSA) is 47.3 Å². The summed E-state index contributed by atoms with van der Waals surface area (Å²) >= 11 is 0. The molecule has 0 radical (unpaired) electrons. The van der Waals surface area contributed by atoms with Crippen molar-refractivity contribution in [3.63, 3.8) is 0 Å². The van der Waals surface area contributed by atoms with Gasteiger partial charge in [0, 0.05) is 6.04 Å². The average Bonchev–Trinajstić information content (AvgIpc) is 2.90. The molecule has 1 saturated carbocycles. The van der Waals surface area contributed by atoms with E-state index in [0.717, 1.165) is 0 Å². The van der Waals surface area contributed by atoms with E-state index in [2.05, 4.69) is 17.6 Å². The lowest BCUT2D eigenvalue weighted by Gasteiger charge is -2.22. The van der Waals surface area contributed by atoms with E-state index in [4.69, 9.17) is 10.6 Å². The smallest absolute Gasteiger partial charge is 0.0717 e. The van der Waals surface area contributed by atoms with Crippen LogP contribution in [-0.2, 0) is 11.3 Å². The van der Waals surface area contributed by atoms with Crippen molar-refractivity contribution in [2.75, 3.05) is 6.61 Å². The van der Waals surface area contributed by atoms with Gasteiger partial charge in [0.05, 0.1) is 13.2 Å². The SMILES string of the molecule is NNC(COCc1ccccc1)C1CCCC1. The summed E-state index contributed by atoms with van der Waals surface area (Å²) in [5.41, 5.74) is 4.12. The van der Waals surface area contributed by atoms with Gasteiger partial charge in [-0.25, -0.2) is 0 Å². The van der Waals surface area contributed by atoms with Gasteiger partial charge >= 0.3 is 0 Å². The Morgan fingerprint density at radius 1 is 1.24 bits per heavy atom. The van der Waals surface area contributed by atoms with Crippen LogP contribution in [0.1, 0.15) is 31.2 Å². The second-order valence-corrected chi connectivity index (χ2v) is 4.82. The minimum atomic E-state index is 0.307. The van der Waals surface area contributed by atoms with Crippen LogP contribution in [0.15, 0.2) is 30.3 Å². The van der Waals surface area contributed by atoms with E-state index in [9.17, 15) is 0 Å². The van der Waals surface area contributed by atoms with Gasteiger partial charge < -0.3 is 4.74 Å². The summed E-state index contributed by atoms with van der Waals surface area (Å²) in [5, 5.41) is 0. The quantitative estimate of drug-likeness (QED) is 0.586. The zero-order valence-corrected chi connectivity index (χ0v) is 10.3. The number of hydrogen-bond donors (Lipinski definition) is 2. The first-order chi connectivity index (χ1) is 8.40. The molecule has 0 amide bonds. The molecule has 0 spiro atoms. The zero-order chi connectivity index (χ0) is 11.9. The molecule has 3 nitrogen and oxygen atoms in total. The van der Waals surface area contributed by atoms with Crippen LogP contribution in [0.2, 0.25) is 0 Å². The third kappa shape index (κ3) is 3.80. The summed E-state index contributed by atoms with van der Waals surface area (Å²) in [7, 11) is 0. The molecule has 3 heteroatoms. The highest BCUT2D eigenvalue weighted by atomic mass is 16.5. The molecule has 1 aliphatic rings. The molecule has 17 heavy (non-hydrogen) atoms. The van der Waals surface area contributed by atoms with Crippen molar-refractivity contribution in [2.24, 2.45) is 11.8 Å². The Hall–Kier alpha value is -0.900. The Balaban J connectivity index is 1.72. The van der Waals surface area contributed by atoms with Crippen LogP contribution < -0.4 is 11.3 Å². The van der Waals surface area contributed by atoms with E-state index in [1.807, 2.05) is 18.2 Å². The van der Waals surface area contributed by atoms with Gasteiger partial charge in [-0.05, 0) is 24.3 Å². The molecule has 0 aliphatic heterocycles. The molecule has 1 fully saturated rings. The number of hydrogen-bond acceptors (Lipinski definition) is 3. The maximum absolute atomic E-state index is 5.74. The van der Waals surface area contributed by atoms with Crippen molar-refractivity contribution >= 4 is 0 Å². The zero-order valence-electron chi connectivity index (χ0n) is 10.3. The minimum Gasteiger partial charge on any atom is -0.375 e. The van der Waals surface area contributed by atoms with Crippen molar-refractivity contribution in [2.45, 2.75) is 38.3 Å². The molecule has 0 saturated heterocycles. The van der Waals surface area contributed by atoms with E-state index < -0.39 is 0 Å². The van der Waals surface area contributed by atoms with Crippen LogP contribution in [0.4, 0.5) is 0 Å². The fraction of sp³-hybridized carbons (Fsp3) is 0.571. The molecule has 1 aromatic rings. The summed E-state index contributed by atoms with van der Waals surface area (Å²) in [6, 6.07) is 10.6. The summed E-state index contributed by atoms with van der Waals surface area (Å²) in [5.74, 6) is 6.29. The fourth-order valence-corrected chi connectivity index (χ4v) is 2.56. The Morgan fingerprint density at radius 3 is 2.59 bits per heavy atom. The third-order valence-corrected chi connectivity index (χ3v) is 3.59. The standard InChI is InChI=1S/C14H22N2O/c15-16-14(13-8-4-5-9-13)11-17-10-12-6-2-1-3-7-12/h1-3,6-7,13-14,16H,4-5,8-11,15H2. The largest absolute Gasteiger partial charge is 0.375 e. The molecule has 3 N–H and O–H groups in total. The van der Waals surface area contributed by atoms with E-state index in [0.29, 0.717) is 25.2 Å². The predicted molar refractivity (Wildman–Crippen MR) is 69.2 cm³/mol. The minimum absolute atomic E-state index is 0.307. The maximum atomic E-state index is 5.74. The van der Waals surface area contributed by atoms with Crippen molar-refractivity contribution in [1.29, 1.82) is 0 Å². The molecule has 0 bridgehead atoms. The Labute approximate surface area is 103 Å². The van der Waals surface area contributed by atoms with Crippen molar-refractivity contribution in [3.05, 3.63) is 35.9 Å². The first kappa shape index (κ1) is 12.6. The van der Waals surface area contributed by atoms with Gasteiger partial charge in [0.25, 0.3) is 0 Å². The monoisotopic (exact) mass is 234 g/mol. The van der Waals surface area contributed by atoms with Crippen LogP contribution in [0.5, 0.6) is 0 Å². The lowest BCUT2D eigenvalue weighted by molar-refractivity contribution is 0.0821. The van der Waals surface area contributed by atoms with Crippen LogP contribution >= 0.6 is 0 Å². The number of nitrogens with one attached hydrogen (secondary N) is 1. The lowest BCUT2D eigenvalue weighted by Crippen LogP contribution is -2.43. The normalized spacial score (nSPS) is 18.4. The van der Waals surface area contributed by atoms with Gasteiger partial charge in [0.15, 0.2) is 0 Å². The summed E-state index contributed by atoms with van der Waals surface area (Å²) < 4.78 is 5.74. The van der Waals surface area contributed by atoms with E-state index in [1.165, 1.54) is 31.2 Å². The lowest BCUT2D eigenvalue weighted by atomic mass is 9.99. The van der Waals surface area contributed by atoms with E-state index in [1.54, 1.807) is 0 Å². The van der Waals surface area contributed by atoms with Gasteiger partial charge in [0.2, 0.25) is 0 Å². The number of benzene rings is 1. The van der Waals surface area contributed by atoms with E-state index in [-0.39, 0.29) is 0 Å². The first-order valence-corrected chi connectivity index (χ1v) is 6.48. The third-order valence-electron chi connectivity index (χ3n) is 3.59. The number of ether oxygens (including phenoxy) is 1. The Morgan fingerprint density at radius 2 is 1.94 bits per heavy atom. The molecular formula is C14H22N2O. The second-order valence-electron chi connectivity index (χ2n) is 4.82. The summed E-state index contributed by atoms with van der Waals surface area (Å²) in [6.45, 7) is 1.38. The molecule has 1 atom stereocenters. The predicted octanol–water partition coefficient (Wildman–Crippen LogP) is 2.23. The van der Waals surface area contributed by atoms with Gasteiger partial charge in [-0.15, -0.1) is 0 Å². The van der Waals surface area contributed by atoms with Crippen molar-refractivity contribution in [3.8, 4) is 0 Å². The van der Waals surface area contributed by atoms with Crippen molar-refractivity contribution in [1.82, 2.24) is 5.43 Å². The Bertz CT molecular complexity index is 309. The van der Waals surface area contributed by atoms with Crippen LogP contribution in [-0.4, -0.2) is 12.6 Å².